The van der Waals surface area contributed by atoms with Crippen LogP contribution in [-0.2, 0) is 17.3 Å². The Labute approximate surface area is 104 Å². The van der Waals surface area contributed by atoms with Gasteiger partial charge in [0.05, 0.1) is 11.9 Å². The second-order valence-electron chi connectivity index (χ2n) is 5.06. The second kappa shape index (κ2) is 4.01. The van der Waals surface area contributed by atoms with E-state index in [-0.39, 0.29) is 6.42 Å². The smallest absolute Gasteiger partial charge is 0.419 e. The molecule has 0 aliphatic rings. The van der Waals surface area contributed by atoms with E-state index < -0.39 is 17.1 Å². The summed E-state index contributed by atoms with van der Waals surface area (Å²) in [6, 6.07) is 5.35. The second-order valence-corrected chi connectivity index (χ2v) is 5.06. The van der Waals surface area contributed by atoms with Gasteiger partial charge in [0.1, 0.15) is 0 Å². The van der Waals surface area contributed by atoms with Gasteiger partial charge in [-0.15, -0.1) is 0 Å². The van der Waals surface area contributed by atoms with Crippen molar-refractivity contribution in [3.05, 3.63) is 34.3 Å². The average Bonchev–Trinajstić information content (AvgIpc) is 2.52. The third-order valence-electron chi connectivity index (χ3n) is 3.17. The van der Waals surface area contributed by atoms with Gasteiger partial charge in [-0.25, -0.2) is 4.79 Å². The standard InChI is InChI=1S/C13H15NO4/c1-13(2,7-11(15)16)8-4-5-9-10(6-8)18-12(17)14(9)3/h4-6H,7H2,1-3H3,(H,15,16). The number of carboxylic acid groups (broad SMARTS) is 1. The third-order valence-corrected chi connectivity index (χ3v) is 3.17. The molecule has 5 heteroatoms. The van der Waals surface area contributed by atoms with Crippen LogP contribution >= 0.6 is 0 Å². The number of fused-ring (bicyclic) bond motifs is 1. The molecule has 1 heterocycles. The molecule has 0 radical (unpaired) electrons. The van der Waals surface area contributed by atoms with Crippen LogP contribution in [0.1, 0.15) is 25.8 Å². The van der Waals surface area contributed by atoms with Crippen molar-refractivity contribution in [2.75, 3.05) is 0 Å². The maximum atomic E-state index is 11.4. The van der Waals surface area contributed by atoms with Gasteiger partial charge >= 0.3 is 11.7 Å². The number of aliphatic carboxylic acids is 1. The largest absolute Gasteiger partial charge is 0.481 e. The van der Waals surface area contributed by atoms with Crippen molar-refractivity contribution in [3.8, 4) is 0 Å². The molecule has 0 atom stereocenters. The Balaban J connectivity index is 2.53. The molecule has 2 rings (SSSR count). The molecule has 0 fully saturated rings. The molecule has 5 nitrogen and oxygen atoms in total. The summed E-state index contributed by atoms with van der Waals surface area (Å²) in [7, 11) is 1.64. The molecule has 0 bridgehead atoms. The van der Waals surface area contributed by atoms with E-state index in [1.807, 2.05) is 19.9 Å². The van der Waals surface area contributed by atoms with Crippen LogP contribution in [0.2, 0.25) is 0 Å². The molecule has 1 aromatic carbocycles. The lowest BCUT2D eigenvalue weighted by atomic mass is 9.81. The summed E-state index contributed by atoms with van der Waals surface area (Å²) < 4.78 is 6.52. The number of hydrogen-bond acceptors (Lipinski definition) is 3. The first-order valence-electron chi connectivity index (χ1n) is 5.63. The Bertz CT molecular complexity index is 663. The van der Waals surface area contributed by atoms with Gasteiger partial charge < -0.3 is 9.52 Å². The van der Waals surface area contributed by atoms with Crippen LogP contribution < -0.4 is 5.76 Å². The topological polar surface area (TPSA) is 72.4 Å². The summed E-state index contributed by atoms with van der Waals surface area (Å²) in [5, 5.41) is 8.89. The molecule has 1 N–H and O–H groups in total. The molecule has 1 aromatic heterocycles. The van der Waals surface area contributed by atoms with E-state index in [2.05, 4.69) is 0 Å². The molecular weight excluding hydrogens is 234 g/mol. The van der Waals surface area contributed by atoms with E-state index in [9.17, 15) is 9.59 Å². The van der Waals surface area contributed by atoms with Crippen molar-refractivity contribution in [1.82, 2.24) is 4.57 Å². The van der Waals surface area contributed by atoms with E-state index in [4.69, 9.17) is 9.52 Å². The Kier molecular flexibility index (Phi) is 2.77. The van der Waals surface area contributed by atoms with Gasteiger partial charge in [-0.1, -0.05) is 19.9 Å². The lowest BCUT2D eigenvalue weighted by Crippen LogP contribution is -2.21. The van der Waals surface area contributed by atoms with Crippen LogP contribution in [0.5, 0.6) is 0 Å². The summed E-state index contributed by atoms with van der Waals surface area (Å²) in [6.45, 7) is 3.70. The van der Waals surface area contributed by atoms with Gasteiger partial charge in [-0.05, 0) is 17.7 Å². The minimum Gasteiger partial charge on any atom is -0.481 e. The summed E-state index contributed by atoms with van der Waals surface area (Å²) in [4.78, 5) is 22.2. The van der Waals surface area contributed by atoms with Crippen LogP contribution in [0, 0.1) is 0 Å². The molecule has 0 saturated carbocycles. The molecule has 2 aromatic rings. The van der Waals surface area contributed by atoms with Crippen molar-refractivity contribution in [1.29, 1.82) is 0 Å². The lowest BCUT2D eigenvalue weighted by Gasteiger charge is -2.22. The quantitative estimate of drug-likeness (QED) is 0.901. The van der Waals surface area contributed by atoms with Gasteiger partial charge in [-0.3, -0.25) is 9.36 Å². The Morgan fingerprint density at radius 2 is 2.11 bits per heavy atom. The van der Waals surface area contributed by atoms with Crippen molar-refractivity contribution < 1.29 is 14.3 Å². The van der Waals surface area contributed by atoms with Crippen molar-refractivity contribution in [2.24, 2.45) is 7.05 Å². The molecule has 0 spiro atoms. The number of aryl methyl sites for hydroxylation is 1. The summed E-state index contributed by atoms with van der Waals surface area (Å²) >= 11 is 0. The molecule has 0 unspecified atom stereocenters. The van der Waals surface area contributed by atoms with E-state index in [1.165, 1.54) is 4.57 Å². The van der Waals surface area contributed by atoms with Crippen LogP contribution in [-0.4, -0.2) is 15.6 Å². The zero-order chi connectivity index (χ0) is 13.5. The highest BCUT2D eigenvalue weighted by Gasteiger charge is 2.25. The zero-order valence-corrected chi connectivity index (χ0v) is 10.6. The number of benzene rings is 1. The Morgan fingerprint density at radius 3 is 2.72 bits per heavy atom. The third kappa shape index (κ3) is 2.03. The van der Waals surface area contributed by atoms with Crippen LogP contribution in [0.15, 0.2) is 27.4 Å². The van der Waals surface area contributed by atoms with Crippen LogP contribution in [0.25, 0.3) is 11.1 Å². The molecule has 0 amide bonds. The van der Waals surface area contributed by atoms with Gasteiger partial charge in [0.15, 0.2) is 5.58 Å². The summed E-state index contributed by atoms with van der Waals surface area (Å²) in [5.74, 6) is -1.27. The highest BCUT2D eigenvalue weighted by molar-refractivity contribution is 5.75. The first-order valence-corrected chi connectivity index (χ1v) is 5.63. The van der Waals surface area contributed by atoms with Crippen molar-refractivity contribution in [3.63, 3.8) is 0 Å². The first kappa shape index (κ1) is 12.4. The number of rotatable bonds is 3. The maximum Gasteiger partial charge on any atom is 0.419 e. The maximum absolute atomic E-state index is 11.4. The predicted octanol–water partition coefficient (Wildman–Crippen LogP) is 1.88. The SMILES string of the molecule is Cn1c(=O)oc2cc(C(C)(C)CC(=O)O)ccc21. The van der Waals surface area contributed by atoms with Crippen molar-refractivity contribution >= 4 is 17.1 Å². The number of nitrogens with zero attached hydrogens (tertiary/aromatic N) is 1. The Hall–Kier alpha value is -2.04. The normalized spacial score (nSPS) is 11.9. The number of aromatic nitrogens is 1. The average molecular weight is 249 g/mol. The molecule has 0 saturated heterocycles. The van der Waals surface area contributed by atoms with E-state index in [0.29, 0.717) is 11.1 Å². The fourth-order valence-electron chi connectivity index (χ4n) is 2.03. The van der Waals surface area contributed by atoms with E-state index in [1.54, 1.807) is 19.2 Å². The van der Waals surface area contributed by atoms with E-state index in [0.717, 1.165) is 5.56 Å². The molecular formula is C13H15NO4. The highest BCUT2D eigenvalue weighted by atomic mass is 16.4. The summed E-state index contributed by atoms with van der Waals surface area (Å²) in [5.41, 5.74) is 1.52. The number of oxazole rings is 1. The summed E-state index contributed by atoms with van der Waals surface area (Å²) in [6.07, 6.45) is 0.0234. The fraction of sp³-hybridized carbons (Fsp3) is 0.385. The lowest BCUT2D eigenvalue weighted by molar-refractivity contribution is -0.138. The molecule has 18 heavy (non-hydrogen) atoms. The molecule has 0 aliphatic carbocycles. The zero-order valence-electron chi connectivity index (χ0n) is 10.6. The predicted molar refractivity (Wildman–Crippen MR) is 66.7 cm³/mol. The number of carbonyl (C=O) groups is 1. The van der Waals surface area contributed by atoms with E-state index >= 15 is 0 Å². The fourth-order valence-corrected chi connectivity index (χ4v) is 2.03. The highest BCUT2D eigenvalue weighted by Crippen LogP contribution is 2.29. The first-order chi connectivity index (χ1) is 8.31. The van der Waals surface area contributed by atoms with Crippen LogP contribution in [0.4, 0.5) is 0 Å². The molecule has 0 aliphatic heterocycles. The minimum atomic E-state index is -0.852. The molecule has 96 valence electrons. The van der Waals surface area contributed by atoms with Gasteiger partial charge in [0.25, 0.3) is 0 Å². The van der Waals surface area contributed by atoms with Gasteiger partial charge in [0, 0.05) is 12.5 Å². The van der Waals surface area contributed by atoms with Gasteiger partial charge in [-0.2, -0.15) is 0 Å². The number of carboxylic acids is 1. The van der Waals surface area contributed by atoms with Gasteiger partial charge in [0.2, 0.25) is 0 Å². The van der Waals surface area contributed by atoms with Crippen molar-refractivity contribution in [2.45, 2.75) is 25.7 Å². The monoisotopic (exact) mass is 249 g/mol. The number of hydrogen-bond donors (Lipinski definition) is 1. The Morgan fingerprint density at radius 1 is 1.44 bits per heavy atom. The van der Waals surface area contributed by atoms with Crippen LogP contribution in [0.3, 0.4) is 0 Å². The minimum absolute atomic E-state index is 0.0234.